The molecule has 104 valence electrons. The molecular weight excluding hydrogens is 276 g/mol. The van der Waals surface area contributed by atoms with E-state index in [1.165, 1.54) is 0 Å². The van der Waals surface area contributed by atoms with Crippen LogP contribution in [0, 0.1) is 0 Å². The molecule has 2 aromatic rings. The fourth-order valence-corrected chi connectivity index (χ4v) is 2.63. The van der Waals surface area contributed by atoms with Gasteiger partial charge in [0.05, 0.1) is 29.7 Å². The first-order chi connectivity index (χ1) is 9.79. The van der Waals surface area contributed by atoms with E-state index in [1.54, 1.807) is 11.1 Å². The van der Waals surface area contributed by atoms with E-state index >= 15 is 0 Å². The van der Waals surface area contributed by atoms with Crippen molar-refractivity contribution in [2.75, 3.05) is 25.6 Å². The Morgan fingerprint density at radius 3 is 3.10 bits per heavy atom. The largest absolute Gasteiger partial charge is 0.373 e. The molecule has 1 saturated heterocycles. The summed E-state index contributed by atoms with van der Waals surface area (Å²) in [5.74, 6) is 0.394. The van der Waals surface area contributed by atoms with Crippen LogP contribution in [0.4, 0.5) is 0 Å². The number of nitrogens with zero attached hydrogens (tertiary/aromatic N) is 2. The number of carbonyl (C=O) groups is 1. The highest BCUT2D eigenvalue weighted by atomic mass is 35.5. The van der Waals surface area contributed by atoms with Gasteiger partial charge in [0, 0.05) is 24.7 Å². The summed E-state index contributed by atoms with van der Waals surface area (Å²) in [7, 11) is 0. The van der Waals surface area contributed by atoms with Crippen LogP contribution in [0.3, 0.4) is 0 Å². The molecule has 1 unspecified atom stereocenters. The molecule has 1 atom stereocenters. The Balaban J connectivity index is 1.92. The highest BCUT2D eigenvalue weighted by Gasteiger charge is 2.25. The highest BCUT2D eigenvalue weighted by molar-refractivity contribution is 6.18. The zero-order valence-corrected chi connectivity index (χ0v) is 11.7. The van der Waals surface area contributed by atoms with E-state index in [9.17, 15) is 4.79 Å². The van der Waals surface area contributed by atoms with Crippen molar-refractivity contribution in [1.82, 2.24) is 9.88 Å². The van der Waals surface area contributed by atoms with Gasteiger partial charge >= 0.3 is 0 Å². The van der Waals surface area contributed by atoms with E-state index in [0.717, 1.165) is 10.9 Å². The maximum absolute atomic E-state index is 12.7. The summed E-state index contributed by atoms with van der Waals surface area (Å²) in [5, 5.41) is 0.973. The monoisotopic (exact) mass is 290 g/mol. The number of alkyl halides is 1. The van der Waals surface area contributed by atoms with E-state index in [2.05, 4.69) is 4.98 Å². The van der Waals surface area contributed by atoms with Crippen molar-refractivity contribution < 1.29 is 9.53 Å². The first kappa shape index (κ1) is 13.3. The average Bonchev–Trinajstić information content (AvgIpc) is 2.53. The molecule has 1 aliphatic rings. The summed E-state index contributed by atoms with van der Waals surface area (Å²) >= 11 is 5.82. The number of ether oxygens (including phenoxy) is 1. The minimum Gasteiger partial charge on any atom is -0.373 e. The van der Waals surface area contributed by atoms with Gasteiger partial charge in [0.2, 0.25) is 0 Å². The third-order valence-corrected chi connectivity index (χ3v) is 3.81. The van der Waals surface area contributed by atoms with Crippen molar-refractivity contribution in [2.45, 2.75) is 6.10 Å². The minimum atomic E-state index is -0.0858. The summed E-state index contributed by atoms with van der Waals surface area (Å²) < 4.78 is 5.49. The molecule has 1 aromatic heterocycles. The second-order valence-corrected chi connectivity index (χ2v) is 5.09. The highest BCUT2D eigenvalue weighted by Crippen LogP contribution is 2.19. The molecular formula is C15H15ClN2O2. The summed E-state index contributed by atoms with van der Waals surface area (Å²) in [5.41, 5.74) is 1.38. The Morgan fingerprint density at radius 2 is 2.25 bits per heavy atom. The van der Waals surface area contributed by atoms with Crippen molar-refractivity contribution in [3.05, 3.63) is 42.1 Å². The van der Waals surface area contributed by atoms with E-state index in [0.29, 0.717) is 31.1 Å². The van der Waals surface area contributed by atoms with Gasteiger partial charge in [-0.2, -0.15) is 0 Å². The molecule has 0 radical (unpaired) electrons. The Morgan fingerprint density at radius 1 is 1.40 bits per heavy atom. The van der Waals surface area contributed by atoms with Crippen LogP contribution in [-0.2, 0) is 4.74 Å². The molecule has 0 saturated carbocycles. The lowest BCUT2D eigenvalue weighted by molar-refractivity contribution is -0.0107. The lowest BCUT2D eigenvalue weighted by Crippen LogP contribution is -2.46. The quantitative estimate of drug-likeness (QED) is 0.797. The average molecular weight is 291 g/mol. The number of rotatable bonds is 2. The molecule has 0 bridgehead atoms. The number of para-hydroxylation sites is 1. The SMILES string of the molecule is O=C(c1cccc2cccnc12)N1CCOC(CCl)C1. The molecule has 0 spiro atoms. The molecule has 3 rings (SSSR count). The van der Waals surface area contributed by atoms with Gasteiger partial charge < -0.3 is 9.64 Å². The van der Waals surface area contributed by atoms with Gasteiger partial charge in [0.25, 0.3) is 5.91 Å². The smallest absolute Gasteiger partial charge is 0.256 e. The molecule has 20 heavy (non-hydrogen) atoms. The Labute approximate surface area is 122 Å². The normalized spacial score (nSPS) is 19.2. The van der Waals surface area contributed by atoms with Crippen LogP contribution in [0.2, 0.25) is 0 Å². The number of hydrogen-bond acceptors (Lipinski definition) is 3. The topological polar surface area (TPSA) is 42.4 Å². The van der Waals surface area contributed by atoms with Crippen LogP contribution in [-0.4, -0.2) is 47.5 Å². The molecule has 1 aromatic carbocycles. The summed E-state index contributed by atoms with van der Waals surface area (Å²) in [4.78, 5) is 18.8. The van der Waals surface area contributed by atoms with Crippen LogP contribution in [0.25, 0.3) is 10.9 Å². The van der Waals surface area contributed by atoms with Crippen molar-refractivity contribution in [3.8, 4) is 0 Å². The number of carbonyl (C=O) groups excluding carboxylic acids is 1. The van der Waals surface area contributed by atoms with Gasteiger partial charge in [0.15, 0.2) is 0 Å². The molecule has 1 aliphatic heterocycles. The molecule has 0 N–H and O–H groups in total. The number of pyridine rings is 1. The van der Waals surface area contributed by atoms with Gasteiger partial charge in [-0.3, -0.25) is 9.78 Å². The van der Waals surface area contributed by atoms with Crippen molar-refractivity contribution >= 4 is 28.4 Å². The first-order valence-corrected chi connectivity index (χ1v) is 7.13. The van der Waals surface area contributed by atoms with Crippen molar-refractivity contribution in [3.63, 3.8) is 0 Å². The second-order valence-electron chi connectivity index (χ2n) is 4.78. The van der Waals surface area contributed by atoms with Crippen LogP contribution < -0.4 is 0 Å². The number of morpholine rings is 1. The number of hydrogen-bond donors (Lipinski definition) is 0. The Hall–Kier alpha value is -1.65. The van der Waals surface area contributed by atoms with E-state index < -0.39 is 0 Å². The molecule has 2 heterocycles. The maximum Gasteiger partial charge on any atom is 0.256 e. The number of aromatic nitrogens is 1. The fraction of sp³-hybridized carbons (Fsp3) is 0.333. The van der Waals surface area contributed by atoms with Crippen LogP contribution in [0.5, 0.6) is 0 Å². The Bertz CT molecular complexity index is 627. The van der Waals surface area contributed by atoms with Crippen LogP contribution in [0.15, 0.2) is 36.5 Å². The predicted molar refractivity (Wildman–Crippen MR) is 78.1 cm³/mol. The number of benzene rings is 1. The van der Waals surface area contributed by atoms with E-state index in [1.807, 2.05) is 30.3 Å². The predicted octanol–water partition coefficient (Wildman–Crippen LogP) is 2.31. The van der Waals surface area contributed by atoms with Gasteiger partial charge in [0.1, 0.15) is 0 Å². The van der Waals surface area contributed by atoms with Crippen LogP contribution in [0.1, 0.15) is 10.4 Å². The second kappa shape index (κ2) is 5.77. The molecule has 1 fully saturated rings. The van der Waals surface area contributed by atoms with Crippen LogP contribution >= 0.6 is 11.6 Å². The fourth-order valence-electron chi connectivity index (χ4n) is 2.44. The molecule has 5 heteroatoms. The molecule has 4 nitrogen and oxygen atoms in total. The zero-order chi connectivity index (χ0) is 13.9. The third kappa shape index (κ3) is 2.49. The van der Waals surface area contributed by atoms with Gasteiger partial charge in [-0.05, 0) is 12.1 Å². The van der Waals surface area contributed by atoms with E-state index in [-0.39, 0.29) is 12.0 Å². The van der Waals surface area contributed by atoms with Crippen molar-refractivity contribution in [2.24, 2.45) is 0 Å². The number of fused-ring (bicyclic) bond motifs is 1. The van der Waals surface area contributed by atoms with Gasteiger partial charge in [-0.1, -0.05) is 18.2 Å². The first-order valence-electron chi connectivity index (χ1n) is 6.60. The maximum atomic E-state index is 12.7. The minimum absolute atomic E-state index is 0.00674. The Kier molecular flexibility index (Phi) is 3.85. The summed E-state index contributed by atoms with van der Waals surface area (Å²) in [6, 6.07) is 9.49. The molecule has 0 aliphatic carbocycles. The summed E-state index contributed by atoms with van der Waals surface area (Å²) in [6.07, 6.45) is 1.62. The molecule has 1 amide bonds. The van der Waals surface area contributed by atoms with Gasteiger partial charge in [-0.25, -0.2) is 0 Å². The summed E-state index contributed by atoms with van der Waals surface area (Å²) in [6.45, 7) is 1.66. The van der Waals surface area contributed by atoms with Gasteiger partial charge in [-0.15, -0.1) is 11.6 Å². The van der Waals surface area contributed by atoms with Crippen molar-refractivity contribution in [1.29, 1.82) is 0 Å². The standard InChI is InChI=1S/C15H15ClN2O2/c16-9-12-10-18(7-8-20-12)15(19)13-5-1-3-11-4-2-6-17-14(11)13/h1-6,12H,7-10H2. The van der Waals surface area contributed by atoms with E-state index in [4.69, 9.17) is 16.3 Å². The zero-order valence-electron chi connectivity index (χ0n) is 11.0. The lowest BCUT2D eigenvalue weighted by Gasteiger charge is -2.32. The number of halogens is 1. The lowest BCUT2D eigenvalue weighted by atomic mass is 10.1. The third-order valence-electron chi connectivity index (χ3n) is 3.46. The number of amides is 1.